The first-order chi connectivity index (χ1) is 13.5. The Balaban J connectivity index is 1.83. The largest absolute Gasteiger partial charge is 0.298 e. The molecule has 0 fully saturated rings. The highest BCUT2D eigenvalue weighted by Gasteiger charge is 2.16. The Morgan fingerprint density at radius 3 is 2.43 bits per heavy atom. The van der Waals surface area contributed by atoms with Crippen molar-refractivity contribution in [3.8, 4) is 11.4 Å². The van der Waals surface area contributed by atoms with Gasteiger partial charge < -0.3 is 0 Å². The van der Waals surface area contributed by atoms with E-state index in [1.165, 1.54) is 18.7 Å². The molecular weight excluding hydrogens is 398 g/mol. The molecule has 0 unspecified atom stereocenters. The average molecular weight is 416 g/mol. The third kappa shape index (κ3) is 5.34. The number of halogens is 1. The van der Waals surface area contributed by atoms with E-state index in [9.17, 15) is 9.59 Å². The lowest BCUT2D eigenvalue weighted by Gasteiger charge is -2.11. The van der Waals surface area contributed by atoms with E-state index in [0.29, 0.717) is 22.5 Å². The van der Waals surface area contributed by atoms with Crippen LogP contribution >= 0.6 is 23.4 Å². The topological polar surface area (TPSA) is 88.9 Å². The summed E-state index contributed by atoms with van der Waals surface area (Å²) in [4.78, 5) is 22.8. The maximum atomic E-state index is 11.9. The number of benzene rings is 2. The first-order valence-electron chi connectivity index (χ1n) is 8.44. The Labute approximate surface area is 171 Å². The normalized spacial score (nSPS) is 10.5. The van der Waals surface area contributed by atoms with Gasteiger partial charge in [0.1, 0.15) is 0 Å². The summed E-state index contributed by atoms with van der Waals surface area (Å²) >= 11 is 7.23. The van der Waals surface area contributed by atoms with E-state index < -0.39 is 0 Å². The van der Waals surface area contributed by atoms with Crippen molar-refractivity contribution in [2.24, 2.45) is 0 Å². The molecule has 2 aromatic carbocycles. The van der Waals surface area contributed by atoms with Gasteiger partial charge in [0.25, 0.3) is 0 Å². The minimum absolute atomic E-state index is 0.0911. The van der Waals surface area contributed by atoms with Gasteiger partial charge >= 0.3 is 0 Å². The van der Waals surface area contributed by atoms with E-state index in [1.807, 2.05) is 47.0 Å². The predicted molar refractivity (Wildman–Crippen MR) is 109 cm³/mol. The van der Waals surface area contributed by atoms with Crippen LogP contribution in [0, 0.1) is 0 Å². The lowest BCUT2D eigenvalue weighted by atomic mass is 10.2. The SMILES string of the molecule is CC(=O)NNC(=O)CSc1nnc(-c2ccc(Cl)cc2)n1Cc1ccccc1. The first-order valence-corrected chi connectivity index (χ1v) is 9.80. The predicted octanol–water partition coefficient (Wildman–Crippen LogP) is 2.91. The molecule has 0 aliphatic heterocycles. The number of carbonyl (C=O) groups excluding carboxylic acids is 2. The number of hydrogen-bond donors (Lipinski definition) is 2. The molecule has 3 rings (SSSR count). The molecule has 1 heterocycles. The van der Waals surface area contributed by atoms with Crippen LogP contribution in [0.5, 0.6) is 0 Å². The van der Waals surface area contributed by atoms with Crippen molar-refractivity contribution in [1.82, 2.24) is 25.6 Å². The van der Waals surface area contributed by atoms with Crippen LogP contribution < -0.4 is 10.9 Å². The fraction of sp³-hybridized carbons (Fsp3) is 0.158. The Kier molecular flexibility index (Phi) is 6.67. The highest BCUT2D eigenvalue weighted by molar-refractivity contribution is 7.99. The second-order valence-electron chi connectivity index (χ2n) is 5.90. The molecule has 0 aliphatic carbocycles. The van der Waals surface area contributed by atoms with Gasteiger partial charge in [-0.05, 0) is 29.8 Å². The van der Waals surface area contributed by atoms with Crippen molar-refractivity contribution in [2.75, 3.05) is 5.75 Å². The summed E-state index contributed by atoms with van der Waals surface area (Å²) in [5.41, 5.74) is 6.56. The second-order valence-corrected chi connectivity index (χ2v) is 7.28. The smallest absolute Gasteiger partial charge is 0.248 e. The summed E-state index contributed by atoms with van der Waals surface area (Å²) in [7, 11) is 0. The summed E-state index contributed by atoms with van der Waals surface area (Å²) in [6, 6.07) is 17.3. The molecule has 9 heteroatoms. The number of aromatic nitrogens is 3. The zero-order valence-electron chi connectivity index (χ0n) is 15.1. The molecule has 0 saturated carbocycles. The van der Waals surface area contributed by atoms with Gasteiger partial charge in [-0.2, -0.15) is 0 Å². The zero-order valence-corrected chi connectivity index (χ0v) is 16.6. The Hall–Kier alpha value is -2.84. The van der Waals surface area contributed by atoms with Crippen LogP contribution in [0.25, 0.3) is 11.4 Å². The van der Waals surface area contributed by atoms with Crippen LogP contribution in [0.4, 0.5) is 0 Å². The summed E-state index contributed by atoms with van der Waals surface area (Å²) in [5.74, 6) is 0.108. The van der Waals surface area contributed by atoms with Crippen LogP contribution in [0.3, 0.4) is 0 Å². The zero-order chi connectivity index (χ0) is 19.9. The number of hydrazine groups is 1. The molecule has 3 aromatic rings. The number of hydrogen-bond acceptors (Lipinski definition) is 5. The fourth-order valence-corrected chi connectivity index (χ4v) is 3.30. The number of rotatable bonds is 6. The summed E-state index contributed by atoms with van der Waals surface area (Å²) in [5, 5.41) is 9.81. The molecule has 2 amide bonds. The average Bonchev–Trinajstić information content (AvgIpc) is 3.08. The monoisotopic (exact) mass is 415 g/mol. The van der Waals surface area contributed by atoms with Crippen LogP contribution in [0.2, 0.25) is 5.02 Å². The molecule has 144 valence electrons. The molecule has 7 nitrogen and oxygen atoms in total. The quantitative estimate of drug-likeness (QED) is 0.477. The van der Waals surface area contributed by atoms with Gasteiger partial charge in [-0.3, -0.25) is 25.0 Å². The Bertz CT molecular complexity index is 960. The molecule has 2 N–H and O–H groups in total. The van der Waals surface area contributed by atoms with E-state index >= 15 is 0 Å². The molecule has 0 saturated heterocycles. The number of nitrogens with one attached hydrogen (secondary N) is 2. The van der Waals surface area contributed by atoms with Crippen LogP contribution in [0.15, 0.2) is 59.8 Å². The first kappa shape index (κ1) is 19.9. The van der Waals surface area contributed by atoms with Gasteiger partial charge in [0.05, 0.1) is 12.3 Å². The summed E-state index contributed by atoms with van der Waals surface area (Å²) in [6.07, 6.45) is 0. The summed E-state index contributed by atoms with van der Waals surface area (Å²) < 4.78 is 1.95. The standard InChI is InChI=1S/C19H18ClN5O2S/c1-13(26)21-22-17(27)12-28-19-24-23-18(15-7-9-16(20)10-8-15)25(19)11-14-5-3-2-4-6-14/h2-10H,11-12H2,1H3,(H,21,26)(H,22,27). The molecule has 0 spiro atoms. The summed E-state index contributed by atoms with van der Waals surface area (Å²) in [6.45, 7) is 1.88. The third-order valence-corrected chi connectivity index (χ3v) is 4.93. The minimum Gasteiger partial charge on any atom is -0.298 e. The Morgan fingerprint density at radius 1 is 1.04 bits per heavy atom. The van der Waals surface area contributed by atoms with E-state index in [-0.39, 0.29) is 17.6 Å². The van der Waals surface area contributed by atoms with Gasteiger partial charge in [-0.25, -0.2) is 0 Å². The van der Waals surface area contributed by atoms with Gasteiger partial charge in [-0.15, -0.1) is 10.2 Å². The molecule has 28 heavy (non-hydrogen) atoms. The van der Waals surface area contributed by atoms with Crippen molar-refractivity contribution in [3.05, 3.63) is 65.2 Å². The lowest BCUT2D eigenvalue weighted by Crippen LogP contribution is -2.41. The number of nitrogens with zero attached hydrogens (tertiary/aromatic N) is 3. The molecule has 0 atom stereocenters. The maximum absolute atomic E-state index is 11.9. The second kappa shape index (κ2) is 9.38. The molecular formula is C19H18ClN5O2S. The van der Waals surface area contributed by atoms with E-state index in [0.717, 1.165) is 11.1 Å². The maximum Gasteiger partial charge on any atom is 0.248 e. The van der Waals surface area contributed by atoms with Gasteiger partial charge in [0.2, 0.25) is 11.8 Å². The van der Waals surface area contributed by atoms with Crippen LogP contribution in [0.1, 0.15) is 12.5 Å². The molecule has 1 aromatic heterocycles. The Morgan fingerprint density at radius 2 is 1.75 bits per heavy atom. The van der Waals surface area contributed by atoms with Crippen molar-refractivity contribution in [1.29, 1.82) is 0 Å². The van der Waals surface area contributed by atoms with E-state index in [4.69, 9.17) is 11.6 Å². The minimum atomic E-state index is -0.337. The molecule has 0 radical (unpaired) electrons. The van der Waals surface area contributed by atoms with Crippen molar-refractivity contribution >= 4 is 35.2 Å². The van der Waals surface area contributed by atoms with Gasteiger partial charge in [0.15, 0.2) is 11.0 Å². The lowest BCUT2D eigenvalue weighted by molar-refractivity contribution is -0.126. The highest BCUT2D eigenvalue weighted by atomic mass is 35.5. The van der Waals surface area contributed by atoms with E-state index in [1.54, 1.807) is 12.1 Å². The van der Waals surface area contributed by atoms with Gasteiger partial charge in [-0.1, -0.05) is 53.7 Å². The number of thioether (sulfide) groups is 1. The number of amides is 2. The van der Waals surface area contributed by atoms with Crippen molar-refractivity contribution < 1.29 is 9.59 Å². The van der Waals surface area contributed by atoms with Crippen molar-refractivity contribution in [2.45, 2.75) is 18.6 Å². The van der Waals surface area contributed by atoms with Gasteiger partial charge in [0, 0.05) is 17.5 Å². The van der Waals surface area contributed by atoms with Crippen LogP contribution in [-0.2, 0) is 16.1 Å². The fourth-order valence-electron chi connectivity index (χ4n) is 2.44. The van der Waals surface area contributed by atoms with E-state index in [2.05, 4.69) is 21.0 Å². The number of carbonyl (C=O) groups is 2. The third-order valence-electron chi connectivity index (χ3n) is 3.71. The highest BCUT2D eigenvalue weighted by Crippen LogP contribution is 2.26. The molecule has 0 aliphatic rings. The van der Waals surface area contributed by atoms with Crippen molar-refractivity contribution in [3.63, 3.8) is 0 Å². The van der Waals surface area contributed by atoms with Crippen LogP contribution in [-0.4, -0.2) is 32.3 Å². The molecule has 0 bridgehead atoms.